The Bertz CT molecular complexity index is 1470. The topological polar surface area (TPSA) is 51.5 Å². The lowest BCUT2D eigenvalue weighted by Crippen LogP contribution is -2.45. The Balaban J connectivity index is 1.30. The van der Waals surface area contributed by atoms with Gasteiger partial charge in [-0.1, -0.05) is 70.5 Å². The van der Waals surface area contributed by atoms with Gasteiger partial charge < -0.3 is 14.2 Å². The van der Waals surface area contributed by atoms with Crippen LogP contribution >= 0.6 is 15.9 Å². The number of benzene rings is 3. The van der Waals surface area contributed by atoms with Crippen LogP contribution in [0.4, 0.5) is 0 Å². The largest absolute Gasteiger partial charge is 0.450 e. The van der Waals surface area contributed by atoms with Gasteiger partial charge in [-0.2, -0.15) is 0 Å². The van der Waals surface area contributed by atoms with E-state index in [4.69, 9.17) is 4.74 Å². The van der Waals surface area contributed by atoms with E-state index in [2.05, 4.69) is 38.7 Å². The highest BCUT2D eigenvalue weighted by atomic mass is 79.9. The number of fused-ring (bicyclic) bond motifs is 3. The maximum absolute atomic E-state index is 13.9. The monoisotopic (exact) mass is 528 g/mol. The minimum atomic E-state index is -0.639. The van der Waals surface area contributed by atoms with Gasteiger partial charge in [-0.25, -0.2) is 4.79 Å². The lowest BCUT2D eigenvalue weighted by molar-refractivity contribution is -0.0389. The number of hydrogen-bond acceptors (Lipinski definition) is 3. The van der Waals surface area contributed by atoms with Crippen molar-refractivity contribution in [3.8, 4) is 0 Å². The molecule has 0 unspecified atom stereocenters. The van der Waals surface area contributed by atoms with Gasteiger partial charge in [-0.05, 0) is 30.7 Å². The molecule has 1 fully saturated rings. The minimum Gasteiger partial charge on any atom is -0.450 e. The Hall–Kier alpha value is -3.38. The van der Waals surface area contributed by atoms with E-state index in [1.807, 2.05) is 66.4 Å². The molecule has 1 amide bonds. The Labute approximate surface area is 212 Å². The van der Waals surface area contributed by atoms with Gasteiger partial charge in [-0.3, -0.25) is 4.79 Å². The molecule has 3 aromatic carbocycles. The van der Waals surface area contributed by atoms with Crippen LogP contribution in [0.25, 0.3) is 10.9 Å². The van der Waals surface area contributed by atoms with Gasteiger partial charge in [0, 0.05) is 59.1 Å². The molecule has 2 aliphatic rings. The number of piperidine rings is 1. The number of carbonyl (C=O) groups excluding carboxylic acids is 2. The first kappa shape index (κ1) is 22.1. The number of ether oxygens (including phenoxy) is 1. The quantitative estimate of drug-likeness (QED) is 0.303. The molecule has 6 heteroatoms. The fourth-order valence-corrected chi connectivity index (χ4v) is 6.00. The van der Waals surface area contributed by atoms with E-state index < -0.39 is 5.60 Å². The van der Waals surface area contributed by atoms with Crippen molar-refractivity contribution in [2.75, 3.05) is 13.1 Å². The number of halogens is 1. The second kappa shape index (κ2) is 8.38. The third-order valence-electron chi connectivity index (χ3n) is 7.47. The molecule has 6 rings (SSSR count). The molecule has 0 radical (unpaired) electrons. The Morgan fingerprint density at radius 1 is 1.00 bits per heavy atom. The third-order valence-corrected chi connectivity index (χ3v) is 7.96. The fraction of sp³-hybridized carbons (Fsp3) is 0.241. The third kappa shape index (κ3) is 3.59. The van der Waals surface area contributed by atoms with E-state index in [-0.39, 0.29) is 11.9 Å². The summed E-state index contributed by atoms with van der Waals surface area (Å²) < 4.78 is 9.01. The van der Waals surface area contributed by atoms with Crippen LogP contribution in [0, 0.1) is 6.92 Å². The van der Waals surface area contributed by atoms with Crippen LogP contribution < -0.4 is 0 Å². The number of esters is 1. The number of likely N-dealkylation sites (tertiary alicyclic amines) is 1. The van der Waals surface area contributed by atoms with E-state index in [0.29, 0.717) is 38.0 Å². The molecule has 0 aliphatic carbocycles. The van der Waals surface area contributed by atoms with Crippen molar-refractivity contribution in [2.45, 2.75) is 31.9 Å². The number of aromatic nitrogens is 1. The molecule has 176 valence electrons. The summed E-state index contributed by atoms with van der Waals surface area (Å²) in [6, 6.07) is 24.2. The molecule has 0 N–H and O–H groups in total. The van der Waals surface area contributed by atoms with E-state index in [1.54, 1.807) is 0 Å². The highest BCUT2D eigenvalue weighted by Crippen LogP contribution is 2.45. The first-order chi connectivity index (χ1) is 17.0. The predicted octanol–water partition coefficient (Wildman–Crippen LogP) is 6.06. The van der Waals surface area contributed by atoms with Crippen LogP contribution in [0.1, 0.15) is 50.4 Å². The van der Waals surface area contributed by atoms with Crippen molar-refractivity contribution in [3.05, 3.63) is 105 Å². The van der Waals surface area contributed by atoms with Crippen LogP contribution in [0.3, 0.4) is 0 Å². The number of rotatable bonds is 3. The number of hydrogen-bond donors (Lipinski definition) is 0. The first-order valence-electron chi connectivity index (χ1n) is 11.9. The molecule has 5 nitrogen and oxygen atoms in total. The molecular weight excluding hydrogens is 504 g/mol. The van der Waals surface area contributed by atoms with E-state index in [1.165, 1.54) is 5.56 Å². The van der Waals surface area contributed by atoms with E-state index in [0.717, 1.165) is 32.2 Å². The summed E-state index contributed by atoms with van der Waals surface area (Å²) in [5, 5.41) is 0.980. The Morgan fingerprint density at radius 3 is 2.49 bits per heavy atom. The van der Waals surface area contributed by atoms with Gasteiger partial charge in [0.1, 0.15) is 5.60 Å². The zero-order chi connectivity index (χ0) is 24.2. The van der Waals surface area contributed by atoms with Gasteiger partial charge in [0.25, 0.3) is 5.91 Å². The summed E-state index contributed by atoms with van der Waals surface area (Å²) in [5.41, 5.74) is 4.93. The van der Waals surface area contributed by atoms with Crippen LogP contribution in [0.5, 0.6) is 0 Å². The van der Waals surface area contributed by atoms with Gasteiger partial charge in [0.05, 0.1) is 11.1 Å². The summed E-state index contributed by atoms with van der Waals surface area (Å²) in [6.45, 7) is 3.83. The molecule has 0 bridgehead atoms. The molecule has 1 spiro atoms. The number of amides is 1. The van der Waals surface area contributed by atoms with Gasteiger partial charge in [-0.15, -0.1) is 0 Å². The Morgan fingerprint density at radius 2 is 1.71 bits per heavy atom. The van der Waals surface area contributed by atoms with Crippen molar-refractivity contribution in [2.24, 2.45) is 0 Å². The molecule has 4 aromatic rings. The second-order valence-corrected chi connectivity index (χ2v) is 10.3. The van der Waals surface area contributed by atoms with Crippen LogP contribution in [0.2, 0.25) is 0 Å². The average molecular weight is 529 g/mol. The molecule has 35 heavy (non-hydrogen) atoms. The standard InChI is InChI=1S/C29H25BrN2O3/c1-19-26(22-9-5-6-10-25(22)32(19)18-20-7-3-2-4-8-20)27(33)31-15-13-29(14-16-31)24-12-11-21(30)17-23(24)28(34)35-29/h2-12,17H,13-16,18H2,1H3. The zero-order valence-corrected chi connectivity index (χ0v) is 21.0. The van der Waals surface area contributed by atoms with Crippen molar-refractivity contribution in [1.29, 1.82) is 0 Å². The van der Waals surface area contributed by atoms with Crippen LogP contribution in [-0.2, 0) is 16.9 Å². The molecular formula is C29H25BrN2O3. The van der Waals surface area contributed by atoms with Crippen molar-refractivity contribution < 1.29 is 14.3 Å². The van der Waals surface area contributed by atoms with E-state index >= 15 is 0 Å². The smallest absolute Gasteiger partial charge is 0.339 e. The summed E-state index contributed by atoms with van der Waals surface area (Å²) in [5.74, 6) is -0.235. The number of carbonyl (C=O) groups is 2. The van der Waals surface area contributed by atoms with Crippen molar-refractivity contribution in [1.82, 2.24) is 9.47 Å². The maximum atomic E-state index is 13.9. The summed E-state index contributed by atoms with van der Waals surface area (Å²) >= 11 is 3.45. The second-order valence-electron chi connectivity index (χ2n) is 9.42. The van der Waals surface area contributed by atoms with E-state index in [9.17, 15) is 9.59 Å². The summed E-state index contributed by atoms with van der Waals surface area (Å²) in [7, 11) is 0. The van der Waals surface area contributed by atoms with Gasteiger partial charge in [0.2, 0.25) is 0 Å². The summed E-state index contributed by atoms with van der Waals surface area (Å²) in [4.78, 5) is 28.3. The zero-order valence-electron chi connectivity index (χ0n) is 19.5. The van der Waals surface area contributed by atoms with Gasteiger partial charge in [0.15, 0.2) is 0 Å². The van der Waals surface area contributed by atoms with Crippen molar-refractivity contribution >= 4 is 38.7 Å². The minimum absolute atomic E-state index is 0.0423. The predicted molar refractivity (Wildman–Crippen MR) is 139 cm³/mol. The Kier molecular flexibility index (Phi) is 5.29. The normalized spacial score (nSPS) is 16.5. The molecule has 1 aromatic heterocycles. The average Bonchev–Trinajstić information content (AvgIpc) is 3.30. The molecule has 2 aliphatic heterocycles. The van der Waals surface area contributed by atoms with Crippen LogP contribution in [-0.4, -0.2) is 34.4 Å². The molecule has 3 heterocycles. The maximum Gasteiger partial charge on any atom is 0.339 e. The highest BCUT2D eigenvalue weighted by Gasteiger charge is 2.48. The van der Waals surface area contributed by atoms with Crippen molar-refractivity contribution in [3.63, 3.8) is 0 Å². The number of nitrogens with zero attached hydrogens (tertiary/aromatic N) is 2. The fourth-order valence-electron chi connectivity index (χ4n) is 5.64. The molecule has 1 saturated heterocycles. The molecule has 0 saturated carbocycles. The SMILES string of the molecule is Cc1c(C(=O)N2CCC3(CC2)OC(=O)c2cc(Br)ccc23)c2ccccc2n1Cc1ccccc1. The highest BCUT2D eigenvalue weighted by molar-refractivity contribution is 9.10. The lowest BCUT2D eigenvalue weighted by atomic mass is 9.83. The first-order valence-corrected chi connectivity index (χ1v) is 12.7. The number of para-hydroxylation sites is 1. The lowest BCUT2D eigenvalue weighted by Gasteiger charge is -2.38. The van der Waals surface area contributed by atoms with Crippen LogP contribution in [0.15, 0.2) is 77.3 Å². The van der Waals surface area contributed by atoms with Gasteiger partial charge >= 0.3 is 5.97 Å². The summed E-state index contributed by atoms with van der Waals surface area (Å²) in [6.07, 6.45) is 1.20. The molecule has 0 atom stereocenters.